The van der Waals surface area contributed by atoms with E-state index in [1.165, 1.54) is 0 Å². The van der Waals surface area contributed by atoms with E-state index >= 15 is 0 Å². The van der Waals surface area contributed by atoms with Crippen molar-refractivity contribution in [1.82, 2.24) is 10.2 Å². The predicted octanol–water partition coefficient (Wildman–Crippen LogP) is 5.88. The number of amides is 2. The fourth-order valence-electron chi connectivity index (χ4n) is 3.55. The number of rotatable bonds is 9. The molecule has 3 aromatic rings. The van der Waals surface area contributed by atoms with Gasteiger partial charge in [-0.2, -0.15) is 0 Å². The SMILES string of the molecule is CC(C)(C)NC(=O)[C@@H](Cc1ccccc1)N(Cc1ccc(Cl)cc1)C(=O)COc1ccc(I)cc1. The van der Waals surface area contributed by atoms with Crippen molar-refractivity contribution >= 4 is 46.0 Å². The molecular formula is C28H30ClIN2O3. The van der Waals surface area contributed by atoms with Crippen LogP contribution in [0.1, 0.15) is 31.9 Å². The Morgan fingerprint density at radius 1 is 0.943 bits per heavy atom. The molecule has 0 radical (unpaired) electrons. The van der Waals surface area contributed by atoms with Gasteiger partial charge in [-0.1, -0.05) is 54.1 Å². The normalized spacial score (nSPS) is 12.0. The Balaban J connectivity index is 1.91. The van der Waals surface area contributed by atoms with Crippen LogP contribution >= 0.6 is 34.2 Å². The van der Waals surface area contributed by atoms with Crippen molar-refractivity contribution < 1.29 is 14.3 Å². The number of hydrogen-bond donors (Lipinski definition) is 1. The zero-order valence-corrected chi connectivity index (χ0v) is 23.0. The maximum atomic E-state index is 13.5. The second kappa shape index (κ2) is 12.4. The number of hydrogen-bond acceptors (Lipinski definition) is 3. The van der Waals surface area contributed by atoms with Gasteiger partial charge in [-0.3, -0.25) is 9.59 Å². The van der Waals surface area contributed by atoms with Crippen molar-refractivity contribution in [3.8, 4) is 5.75 Å². The molecule has 35 heavy (non-hydrogen) atoms. The number of carbonyl (C=O) groups excluding carboxylic acids is 2. The summed E-state index contributed by atoms with van der Waals surface area (Å²) >= 11 is 8.28. The molecule has 0 aromatic heterocycles. The Labute approximate surface area is 226 Å². The summed E-state index contributed by atoms with van der Waals surface area (Å²) < 4.78 is 6.87. The van der Waals surface area contributed by atoms with Crippen LogP contribution < -0.4 is 10.1 Å². The molecule has 0 saturated carbocycles. The zero-order chi connectivity index (χ0) is 25.4. The lowest BCUT2D eigenvalue weighted by Crippen LogP contribution is -2.55. The molecule has 0 saturated heterocycles. The lowest BCUT2D eigenvalue weighted by Gasteiger charge is -2.33. The van der Waals surface area contributed by atoms with E-state index in [-0.39, 0.29) is 25.0 Å². The van der Waals surface area contributed by atoms with Gasteiger partial charge in [0.05, 0.1) is 0 Å². The van der Waals surface area contributed by atoms with E-state index in [2.05, 4.69) is 27.9 Å². The average Bonchev–Trinajstić information content (AvgIpc) is 2.81. The molecule has 0 aliphatic heterocycles. The third kappa shape index (κ3) is 8.85. The van der Waals surface area contributed by atoms with Gasteiger partial charge in [-0.05, 0) is 90.9 Å². The van der Waals surface area contributed by atoms with E-state index in [0.717, 1.165) is 14.7 Å². The van der Waals surface area contributed by atoms with E-state index in [1.54, 1.807) is 17.0 Å². The first-order chi connectivity index (χ1) is 16.6. The van der Waals surface area contributed by atoms with Crippen LogP contribution in [0.25, 0.3) is 0 Å². The quantitative estimate of drug-likeness (QED) is 0.311. The van der Waals surface area contributed by atoms with Crippen LogP contribution in [0.4, 0.5) is 0 Å². The first kappa shape index (κ1) is 27.0. The molecule has 0 aliphatic rings. The van der Waals surface area contributed by atoms with Crippen LogP contribution in [0.3, 0.4) is 0 Å². The number of nitrogens with one attached hydrogen (secondary N) is 1. The smallest absolute Gasteiger partial charge is 0.261 e. The molecular weight excluding hydrogens is 575 g/mol. The highest BCUT2D eigenvalue weighted by atomic mass is 127. The molecule has 1 atom stereocenters. The maximum absolute atomic E-state index is 13.5. The Kier molecular flexibility index (Phi) is 9.57. The Morgan fingerprint density at radius 3 is 2.17 bits per heavy atom. The topological polar surface area (TPSA) is 58.6 Å². The van der Waals surface area contributed by atoms with Crippen molar-refractivity contribution in [2.45, 2.75) is 45.3 Å². The van der Waals surface area contributed by atoms with Gasteiger partial charge >= 0.3 is 0 Å². The molecule has 0 spiro atoms. The number of ether oxygens (including phenoxy) is 1. The minimum Gasteiger partial charge on any atom is -0.484 e. The van der Waals surface area contributed by atoms with Crippen molar-refractivity contribution in [3.63, 3.8) is 0 Å². The lowest BCUT2D eigenvalue weighted by molar-refractivity contribution is -0.143. The summed E-state index contributed by atoms with van der Waals surface area (Å²) in [5.74, 6) is 0.116. The second-order valence-electron chi connectivity index (χ2n) is 9.34. The van der Waals surface area contributed by atoms with Gasteiger partial charge in [-0.25, -0.2) is 0 Å². The summed E-state index contributed by atoms with van der Waals surface area (Å²) in [4.78, 5) is 28.6. The third-order valence-electron chi connectivity index (χ3n) is 5.21. The molecule has 184 valence electrons. The van der Waals surface area contributed by atoms with Gasteiger partial charge in [-0.15, -0.1) is 0 Å². The van der Waals surface area contributed by atoms with Gasteiger partial charge in [0.2, 0.25) is 5.91 Å². The largest absolute Gasteiger partial charge is 0.484 e. The van der Waals surface area contributed by atoms with Gasteiger partial charge in [0.15, 0.2) is 6.61 Å². The highest BCUT2D eigenvalue weighted by Gasteiger charge is 2.32. The standard InChI is InChI=1S/C28H30ClIN2O3/c1-28(2,3)31-27(34)25(17-20-7-5-4-6-8-20)32(18-21-9-11-22(29)12-10-21)26(33)19-35-24-15-13-23(30)14-16-24/h4-16,25H,17-19H2,1-3H3,(H,31,34)/t25-/m1/s1. The van der Waals surface area contributed by atoms with Crippen LogP contribution in [-0.4, -0.2) is 34.9 Å². The fraction of sp³-hybridized carbons (Fsp3) is 0.286. The Hall–Kier alpha value is -2.58. The van der Waals surface area contributed by atoms with Crippen LogP contribution in [0.5, 0.6) is 5.75 Å². The van der Waals surface area contributed by atoms with Crippen molar-refractivity contribution in [1.29, 1.82) is 0 Å². The van der Waals surface area contributed by atoms with Crippen molar-refractivity contribution in [3.05, 3.63) is 98.6 Å². The predicted molar refractivity (Wildman–Crippen MR) is 148 cm³/mol. The fourth-order valence-corrected chi connectivity index (χ4v) is 4.04. The molecule has 0 fully saturated rings. The molecule has 2 amide bonds. The molecule has 5 nitrogen and oxygen atoms in total. The van der Waals surface area contributed by atoms with Crippen molar-refractivity contribution in [2.24, 2.45) is 0 Å². The average molecular weight is 605 g/mol. The molecule has 3 aromatic carbocycles. The second-order valence-corrected chi connectivity index (χ2v) is 11.0. The van der Waals surface area contributed by atoms with Crippen LogP contribution in [-0.2, 0) is 22.6 Å². The van der Waals surface area contributed by atoms with Crippen molar-refractivity contribution in [2.75, 3.05) is 6.61 Å². The lowest BCUT2D eigenvalue weighted by atomic mass is 10.0. The summed E-state index contributed by atoms with van der Waals surface area (Å²) in [6.07, 6.45) is 0.381. The number of nitrogens with zero attached hydrogens (tertiary/aromatic N) is 1. The molecule has 7 heteroatoms. The number of benzene rings is 3. The van der Waals surface area contributed by atoms with E-state index in [0.29, 0.717) is 17.2 Å². The summed E-state index contributed by atoms with van der Waals surface area (Å²) in [6.45, 7) is 5.85. The molecule has 0 bridgehead atoms. The summed E-state index contributed by atoms with van der Waals surface area (Å²) in [5, 5.41) is 3.67. The first-order valence-corrected chi connectivity index (χ1v) is 12.8. The van der Waals surface area contributed by atoms with E-state index in [1.807, 2.05) is 87.5 Å². The highest BCUT2D eigenvalue weighted by Crippen LogP contribution is 2.19. The summed E-state index contributed by atoms with van der Waals surface area (Å²) in [6, 6.07) is 23.8. The van der Waals surface area contributed by atoms with Gasteiger partial charge in [0.25, 0.3) is 5.91 Å². The maximum Gasteiger partial charge on any atom is 0.261 e. The minimum atomic E-state index is -0.722. The Morgan fingerprint density at radius 2 is 1.57 bits per heavy atom. The number of carbonyl (C=O) groups is 2. The highest BCUT2D eigenvalue weighted by molar-refractivity contribution is 14.1. The molecule has 0 unspecified atom stereocenters. The van der Waals surface area contributed by atoms with Gasteiger partial charge in [0.1, 0.15) is 11.8 Å². The van der Waals surface area contributed by atoms with Gasteiger partial charge < -0.3 is 15.0 Å². The zero-order valence-electron chi connectivity index (χ0n) is 20.1. The summed E-state index contributed by atoms with van der Waals surface area (Å²) in [7, 11) is 0. The monoisotopic (exact) mass is 604 g/mol. The molecule has 3 rings (SSSR count). The van der Waals surface area contributed by atoms with E-state index < -0.39 is 11.6 Å². The van der Waals surface area contributed by atoms with Crippen LogP contribution in [0, 0.1) is 3.57 Å². The molecule has 1 N–H and O–H groups in total. The number of halogens is 2. The first-order valence-electron chi connectivity index (χ1n) is 11.4. The van der Waals surface area contributed by atoms with E-state index in [4.69, 9.17) is 16.3 Å². The summed E-state index contributed by atoms with van der Waals surface area (Å²) in [5.41, 5.74) is 1.39. The van der Waals surface area contributed by atoms with Crippen LogP contribution in [0.2, 0.25) is 5.02 Å². The van der Waals surface area contributed by atoms with Gasteiger partial charge in [0, 0.05) is 27.1 Å². The molecule has 0 aliphatic carbocycles. The van der Waals surface area contributed by atoms with Crippen LogP contribution in [0.15, 0.2) is 78.9 Å². The Bertz CT molecular complexity index is 1110. The third-order valence-corrected chi connectivity index (χ3v) is 6.18. The minimum absolute atomic E-state index is 0.178. The molecule has 0 heterocycles. The van der Waals surface area contributed by atoms with E-state index in [9.17, 15) is 9.59 Å².